The summed E-state index contributed by atoms with van der Waals surface area (Å²) in [5.74, 6) is 2.03. The Hall–Kier alpha value is -2.30. The van der Waals surface area contributed by atoms with Gasteiger partial charge >= 0.3 is 0 Å². The third-order valence-electron chi connectivity index (χ3n) is 2.10. The predicted molar refractivity (Wildman–Crippen MR) is 62.7 cm³/mol. The van der Waals surface area contributed by atoms with Crippen molar-refractivity contribution < 1.29 is 9.47 Å². The maximum atomic E-state index is 11.2. The second-order valence-electron chi connectivity index (χ2n) is 3.45. The quantitative estimate of drug-likeness (QED) is 0.877. The van der Waals surface area contributed by atoms with E-state index in [1.54, 1.807) is 32.2 Å². The summed E-state index contributed by atoms with van der Waals surface area (Å²) in [6.07, 6.45) is 0. The molecule has 0 unspecified atom stereocenters. The Morgan fingerprint density at radius 3 is 2.71 bits per heavy atom. The first kappa shape index (κ1) is 11.2. The molecule has 1 heterocycles. The van der Waals surface area contributed by atoms with E-state index in [9.17, 15) is 4.79 Å². The van der Waals surface area contributed by atoms with E-state index in [1.807, 2.05) is 6.07 Å². The number of hydrogen-bond donors (Lipinski definition) is 1. The fourth-order valence-corrected chi connectivity index (χ4v) is 1.39. The highest BCUT2D eigenvalue weighted by molar-refractivity contribution is 5.34. The highest BCUT2D eigenvalue weighted by atomic mass is 16.5. The summed E-state index contributed by atoms with van der Waals surface area (Å²) in [5, 5.41) is 0. The average Bonchev–Trinajstić information content (AvgIpc) is 2.28. The van der Waals surface area contributed by atoms with Crippen molar-refractivity contribution >= 4 is 0 Å². The molecular formula is C12H12N2O3. The molecule has 0 fully saturated rings. The molecule has 0 amide bonds. The summed E-state index contributed by atoms with van der Waals surface area (Å²) in [6, 6.07) is 8.39. The minimum atomic E-state index is -0.240. The van der Waals surface area contributed by atoms with Crippen LogP contribution in [-0.4, -0.2) is 17.1 Å². The smallest absolute Gasteiger partial charge is 0.254 e. The first-order valence-corrected chi connectivity index (χ1v) is 5.07. The molecule has 1 aromatic heterocycles. The van der Waals surface area contributed by atoms with Crippen LogP contribution in [0.25, 0.3) is 0 Å². The van der Waals surface area contributed by atoms with Crippen molar-refractivity contribution in [1.82, 2.24) is 9.97 Å². The van der Waals surface area contributed by atoms with Crippen molar-refractivity contribution in [2.45, 2.75) is 6.92 Å². The lowest BCUT2D eigenvalue weighted by Crippen LogP contribution is -2.08. The van der Waals surface area contributed by atoms with Crippen LogP contribution in [0.3, 0.4) is 0 Å². The van der Waals surface area contributed by atoms with Gasteiger partial charge in [-0.15, -0.1) is 0 Å². The van der Waals surface area contributed by atoms with Gasteiger partial charge in [0.25, 0.3) is 5.56 Å². The van der Waals surface area contributed by atoms with E-state index in [4.69, 9.17) is 9.47 Å². The van der Waals surface area contributed by atoms with Gasteiger partial charge in [-0.25, -0.2) is 4.98 Å². The van der Waals surface area contributed by atoms with E-state index in [2.05, 4.69) is 9.97 Å². The minimum absolute atomic E-state index is 0.240. The summed E-state index contributed by atoms with van der Waals surface area (Å²) >= 11 is 0. The molecule has 0 bridgehead atoms. The molecule has 2 rings (SSSR count). The van der Waals surface area contributed by atoms with E-state index in [-0.39, 0.29) is 11.4 Å². The average molecular weight is 232 g/mol. The van der Waals surface area contributed by atoms with Crippen molar-refractivity contribution in [3.63, 3.8) is 0 Å². The molecule has 2 aromatic rings. The lowest BCUT2D eigenvalue weighted by molar-refractivity contribution is 0.407. The van der Waals surface area contributed by atoms with Crippen LogP contribution >= 0.6 is 0 Å². The molecule has 17 heavy (non-hydrogen) atoms. The molecule has 0 atom stereocenters. The molecule has 0 spiro atoms. The van der Waals surface area contributed by atoms with Gasteiger partial charge in [0, 0.05) is 6.07 Å². The third kappa shape index (κ3) is 2.84. The maximum Gasteiger partial charge on any atom is 0.254 e. The number of ether oxygens (including phenoxy) is 2. The fraction of sp³-hybridized carbons (Fsp3) is 0.167. The molecule has 0 aliphatic heterocycles. The molecular weight excluding hydrogens is 220 g/mol. The summed E-state index contributed by atoms with van der Waals surface area (Å²) < 4.78 is 10.5. The highest BCUT2D eigenvalue weighted by Gasteiger charge is 2.02. The van der Waals surface area contributed by atoms with Gasteiger partial charge in [0.15, 0.2) is 0 Å². The zero-order valence-electron chi connectivity index (χ0n) is 9.56. The van der Waals surface area contributed by atoms with Gasteiger partial charge in [0.2, 0.25) is 5.88 Å². The Balaban J connectivity index is 2.27. The van der Waals surface area contributed by atoms with Crippen molar-refractivity contribution in [2.75, 3.05) is 7.11 Å². The third-order valence-corrected chi connectivity index (χ3v) is 2.10. The van der Waals surface area contributed by atoms with E-state index in [1.165, 1.54) is 6.07 Å². The molecule has 5 heteroatoms. The summed E-state index contributed by atoms with van der Waals surface area (Å²) in [6.45, 7) is 1.69. The van der Waals surface area contributed by atoms with E-state index >= 15 is 0 Å². The second kappa shape index (κ2) is 4.69. The monoisotopic (exact) mass is 232 g/mol. The van der Waals surface area contributed by atoms with E-state index in [0.717, 1.165) is 0 Å². The summed E-state index contributed by atoms with van der Waals surface area (Å²) in [5.41, 5.74) is -0.240. The van der Waals surface area contributed by atoms with Crippen LogP contribution in [0.4, 0.5) is 0 Å². The number of nitrogens with one attached hydrogen (secondary N) is 1. The topological polar surface area (TPSA) is 64.2 Å². The van der Waals surface area contributed by atoms with Crippen molar-refractivity contribution in [2.24, 2.45) is 0 Å². The number of H-pyrrole nitrogens is 1. The predicted octanol–water partition coefficient (Wildman–Crippen LogP) is 1.88. The van der Waals surface area contributed by atoms with E-state index in [0.29, 0.717) is 17.3 Å². The highest BCUT2D eigenvalue weighted by Crippen LogP contribution is 2.22. The van der Waals surface area contributed by atoms with Gasteiger partial charge in [-0.2, -0.15) is 0 Å². The van der Waals surface area contributed by atoms with Crippen LogP contribution in [0, 0.1) is 6.92 Å². The van der Waals surface area contributed by atoms with Gasteiger partial charge in [-0.1, -0.05) is 6.07 Å². The number of methoxy groups -OCH3 is 1. The number of benzene rings is 1. The standard InChI is InChI=1S/C12H12N2O3/c1-8-13-11(15)7-12(14-8)17-10-5-3-4-9(6-10)16-2/h3-7H,1-2H3,(H,13,14,15). The molecule has 0 aliphatic carbocycles. The fourth-order valence-electron chi connectivity index (χ4n) is 1.39. The van der Waals surface area contributed by atoms with Crippen LogP contribution in [0.15, 0.2) is 35.1 Å². The molecule has 5 nitrogen and oxygen atoms in total. The molecule has 0 saturated carbocycles. The molecule has 1 aromatic carbocycles. The van der Waals surface area contributed by atoms with Crippen LogP contribution < -0.4 is 15.0 Å². The minimum Gasteiger partial charge on any atom is -0.497 e. The van der Waals surface area contributed by atoms with E-state index < -0.39 is 0 Å². The van der Waals surface area contributed by atoms with Crippen LogP contribution in [0.5, 0.6) is 17.4 Å². The van der Waals surface area contributed by atoms with Crippen LogP contribution in [-0.2, 0) is 0 Å². The first-order valence-electron chi connectivity index (χ1n) is 5.07. The zero-order chi connectivity index (χ0) is 12.3. The van der Waals surface area contributed by atoms with Crippen molar-refractivity contribution in [3.05, 3.63) is 46.5 Å². The van der Waals surface area contributed by atoms with Gasteiger partial charge in [0.1, 0.15) is 17.3 Å². The Morgan fingerprint density at radius 2 is 2.00 bits per heavy atom. The lowest BCUT2D eigenvalue weighted by atomic mass is 10.3. The zero-order valence-corrected chi connectivity index (χ0v) is 9.56. The second-order valence-corrected chi connectivity index (χ2v) is 3.45. The lowest BCUT2D eigenvalue weighted by Gasteiger charge is -2.06. The maximum absolute atomic E-state index is 11.2. The summed E-state index contributed by atoms with van der Waals surface area (Å²) in [7, 11) is 1.58. The first-order chi connectivity index (χ1) is 8.17. The SMILES string of the molecule is COc1cccc(Oc2cc(=O)[nH]c(C)n2)c1. The molecule has 88 valence electrons. The molecule has 0 saturated heterocycles. The van der Waals surface area contributed by atoms with Crippen molar-refractivity contribution in [1.29, 1.82) is 0 Å². The van der Waals surface area contributed by atoms with Crippen LogP contribution in [0.2, 0.25) is 0 Å². The van der Waals surface area contributed by atoms with Gasteiger partial charge in [0.05, 0.1) is 13.2 Å². The number of hydrogen-bond acceptors (Lipinski definition) is 4. The Bertz CT molecular complexity index is 578. The van der Waals surface area contributed by atoms with Crippen molar-refractivity contribution in [3.8, 4) is 17.4 Å². The Labute approximate surface area is 98.0 Å². The number of nitrogens with zero attached hydrogens (tertiary/aromatic N) is 1. The largest absolute Gasteiger partial charge is 0.497 e. The van der Waals surface area contributed by atoms with Gasteiger partial charge in [-0.05, 0) is 19.1 Å². The summed E-state index contributed by atoms with van der Waals surface area (Å²) in [4.78, 5) is 17.8. The number of rotatable bonds is 3. The Kier molecular flexibility index (Phi) is 3.09. The molecule has 0 radical (unpaired) electrons. The normalized spacial score (nSPS) is 10.0. The van der Waals surface area contributed by atoms with Gasteiger partial charge < -0.3 is 14.5 Å². The number of aryl methyl sites for hydroxylation is 1. The molecule has 1 N–H and O–H groups in total. The molecule has 0 aliphatic rings. The number of aromatic nitrogens is 2. The van der Waals surface area contributed by atoms with Crippen LogP contribution in [0.1, 0.15) is 5.82 Å². The Morgan fingerprint density at radius 1 is 1.24 bits per heavy atom. The van der Waals surface area contributed by atoms with Gasteiger partial charge in [-0.3, -0.25) is 4.79 Å². The number of aromatic amines is 1.